The minimum absolute atomic E-state index is 0.248. The molecule has 2 fully saturated rings. The Morgan fingerprint density at radius 3 is 3.00 bits per heavy atom. The van der Waals surface area contributed by atoms with Crippen LogP contribution < -0.4 is 5.32 Å². The molecule has 0 bridgehead atoms. The molecule has 1 heterocycles. The number of hydrogen-bond acceptors (Lipinski definition) is 2. The summed E-state index contributed by atoms with van der Waals surface area (Å²) >= 11 is 0. The van der Waals surface area contributed by atoms with Gasteiger partial charge in [-0.1, -0.05) is 12.8 Å². The maximum absolute atomic E-state index is 11.3. The molecular formula is C9H16N2O. The number of nitrogens with one attached hydrogen (secondary N) is 1. The second kappa shape index (κ2) is 3.05. The van der Waals surface area contributed by atoms with E-state index in [9.17, 15) is 4.79 Å². The molecular weight excluding hydrogens is 152 g/mol. The summed E-state index contributed by atoms with van der Waals surface area (Å²) in [5.74, 6) is 0.248. The molecule has 2 rings (SSSR count). The van der Waals surface area contributed by atoms with Crippen LogP contribution in [-0.4, -0.2) is 36.5 Å². The summed E-state index contributed by atoms with van der Waals surface area (Å²) in [6.07, 6.45) is 5.01. The fourth-order valence-electron chi connectivity index (χ4n) is 2.34. The Morgan fingerprint density at radius 1 is 1.42 bits per heavy atom. The van der Waals surface area contributed by atoms with Gasteiger partial charge in [-0.25, -0.2) is 0 Å². The second-order valence-electron chi connectivity index (χ2n) is 3.84. The van der Waals surface area contributed by atoms with Gasteiger partial charge in [0.1, 0.15) is 0 Å². The van der Waals surface area contributed by atoms with Crippen molar-refractivity contribution < 1.29 is 4.79 Å². The molecule has 1 N–H and O–H groups in total. The van der Waals surface area contributed by atoms with Crippen molar-refractivity contribution in [3.63, 3.8) is 0 Å². The van der Waals surface area contributed by atoms with Crippen molar-refractivity contribution in [1.82, 2.24) is 10.2 Å². The molecule has 68 valence electrons. The van der Waals surface area contributed by atoms with Gasteiger partial charge in [-0.2, -0.15) is 0 Å². The highest BCUT2D eigenvalue weighted by Gasteiger charge is 2.34. The molecule has 1 aliphatic carbocycles. The van der Waals surface area contributed by atoms with Crippen molar-refractivity contribution in [2.45, 2.75) is 37.8 Å². The lowest BCUT2D eigenvalue weighted by atomic mass is 9.88. The van der Waals surface area contributed by atoms with E-state index in [4.69, 9.17) is 0 Å². The molecule has 12 heavy (non-hydrogen) atoms. The van der Waals surface area contributed by atoms with Gasteiger partial charge in [0.15, 0.2) is 0 Å². The van der Waals surface area contributed by atoms with Crippen molar-refractivity contribution in [1.29, 1.82) is 0 Å². The molecule has 2 unspecified atom stereocenters. The molecule has 1 amide bonds. The zero-order chi connectivity index (χ0) is 8.55. The average Bonchev–Trinajstić information content (AvgIpc) is 2.12. The Labute approximate surface area is 73.1 Å². The van der Waals surface area contributed by atoms with E-state index in [2.05, 4.69) is 5.32 Å². The van der Waals surface area contributed by atoms with E-state index in [1.54, 1.807) is 0 Å². The first-order chi connectivity index (χ1) is 5.79. The van der Waals surface area contributed by atoms with E-state index in [1.807, 2.05) is 11.9 Å². The van der Waals surface area contributed by atoms with E-state index >= 15 is 0 Å². The highest BCUT2D eigenvalue weighted by Crippen LogP contribution is 2.24. The molecule has 2 aliphatic rings. The predicted molar refractivity (Wildman–Crippen MR) is 46.8 cm³/mol. The van der Waals surface area contributed by atoms with E-state index in [0.717, 1.165) is 0 Å². The molecule has 3 nitrogen and oxygen atoms in total. The van der Waals surface area contributed by atoms with Crippen LogP contribution in [0.25, 0.3) is 0 Å². The minimum atomic E-state index is 0.248. The Bertz CT molecular complexity index is 193. The van der Waals surface area contributed by atoms with E-state index in [1.165, 1.54) is 25.7 Å². The van der Waals surface area contributed by atoms with Crippen molar-refractivity contribution in [3.05, 3.63) is 0 Å². The number of hydrogen-bond donors (Lipinski definition) is 1. The van der Waals surface area contributed by atoms with Gasteiger partial charge in [0.25, 0.3) is 0 Å². The molecule has 3 heteroatoms. The lowest BCUT2D eigenvalue weighted by molar-refractivity contribution is -0.135. The van der Waals surface area contributed by atoms with Crippen LogP contribution in [0.3, 0.4) is 0 Å². The maximum atomic E-state index is 11.3. The van der Waals surface area contributed by atoms with Gasteiger partial charge in [-0.15, -0.1) is 0 Å². The summed E-state index contributed by atoms with van der Waals surface area (Å²) in [5.41, 5.74) is 0. The number of piperazine rings is 1. The van der Waals surface area contributed by atoms with Crippen molar-refractivity contribution >= 4 is 5.91 Å². The second-order valence-corrected chi connectivity index (χ2v) is 3.84. The van der Waals surface area contributed by atoms with Gasteiger partial charge in [-0.3, -0.25) is 4.79 Å². The number of carbonyl (C=O) groups excluding carboxylic acids is 1. The molecule has 0 aromatic carbocycles. The smallest absolute Gasteiger partial charge is 0.236 e. The van der Waals surface area contributed by atoms with E-state index in [0.29, 0.717) is 18.6 Å². The molecule has 1 saturated carbocycles. The fraction of sp³-hybridized carbons (Fsp3) is 0.889. The average molecular weight is 168 g/mol. The molecule has 2 atom stereocenters. The van der Waals surface area contributed by atoms with Crippen LogP contribution in [0.2, 0.25) is 0 Å². The van der Waals surface area contributed by atoms with Crippen LogP contribution in [0, 0.1) is 0 Å². The molecule has 1 aliphatic heterocycles. The van der Waals surface area contributed by atoms with Gasteiger partial charge in [-0.05, 0) is 12.8 Å². The quantitative estimate of drug-likeness (QED) is 0.566. The summed E-state index contributed by atoms with van der Waals surface area (Å²) in [5, 5.41) is 3.31. The predicted octanol–water partition coefficient (Wildman–Crippen LogP) is 0.359. The summed E-state index contributed by atoms with van der Waals surface area (Å²) in [4.78, 5) is 13.2. The first kappa shape index (κ1) is 8.05. The number of nitrogens with zero attached hydrogens (tertiary/aromatic N) is 1. The van der Waals surface area contributed by atoms with Gasteiger partial charge in [0.05, 0.1) is 6.54 Å². The normalized spacial score (nSPS) is 36.4. The van der Waals surface area contributed by atoms with E-state index in [-0.39, 0.29) is 5.91 Å². The van der Waals surface area contributed by atoms with Crippen LogP contribution in [0.1, 0.15) is 25.7 Å². The van der Waals surface area contributed by atoms with Crippen molar-refractivity contribution in [3.8, 4) is 0 Å². The van der Waals surface area contributed by atoms with E-state index < -0.39 is 0 Å². The molecule has 0 radical (unpaired) electrons. The van der Waals surface area contributed by atoms with Crippen LogP contribution in [-0.2, 0) is 4.79 Å². The first-order valence-electron chi connectivity index (χ1n) is 4.78. The number of carbonyl (C=O) groups is 1. The first-order valence-corrected chi connectivity index (χ1v) is 4.78. The Morgan fingerprint density at radius 2 is 2.17 bits per heavy atom. The Hall–Kier alpha value is -0.570. The highest BCUT2D eigenvalue weighted by atomic mass is 16.2. The summed E-state index contributed by atoms with van der Waals surface area (Å²) in [6.45, 7) is 0.539. The molecule has 0 aromatic rings. The van der Waals surface area contributed by atoms with Crippen LogP contribution in [0.4, 0.5) is 0 Å². The highest BCUT2D eigenvalue weighted by molar-refractivity contribution is 5.79. The van der Waals surface area contributed by atoms with Crippen LogP contribution in [0.5, 0.6) is 0 Å². The monoisotopic (exact) mass is 168 g/mol. The number of likely N-dealkylation sites (N-methyl/N-ethyl adjacent to an activating group) is 1. The zero-order valence-electron chi connectivity index (χ0n) is 7.55. The Kier molecular flexibility index (Phi) is 2.05. The standard InChI is InChI=1S/C9H16N2O/c1-11-8-5-3-2-4-7(8)10-6-9(11)12/h7-8,10H,2-6H2,1H3. The molecule has 0 spiro atoms. The van der Waals surface area contributed by atoms with Crippen molar-refractivity contribution in [2.75, 3.05) is 13.6 Å². The maximum Gasteiger partial charge on any atom is 0.236 e. The Balaban J connectivity index is 2.08. The third kappa shape index (κ3) is 1.22. The van der Waals surface area contributed by atoms with Gasteiger partial charge in [0, 0.05) is 19.1 Å². The zero-order valence-corrected chi connectivity index (χ0v) is 7.55. The van der Waals surface area contributed by atoms with Gasteiger partial charge < -0.3 is 10.2 Å². The summed E-state index contributed by atoms with van der Waals surface area (Å²) in [6, 6.07) is 1.04. The van der Waals surface area contributed by atoms with Crippen LogP contribution >= 0.6 is 0 Å². The number of fused-ring (bicyclic) bond motifs is 1. The number of rotatable bonds is 0. The summed E-state index contributed by atoms with van der Waals surface area (Å²) < 4.78 is 0. The topological polar surface area (TPSA) is 32.3 Å². The van der Waals surface area contributed by atoms with Gasteiger partial charge in [0.2, 0.25) is 5.91 Å². The lowest BCUT2D eigenvalue weighted by Gasteiger charge is -2.42. The lowest BCUT2D eigenvalue weighted by Crippen LogP contribution is -2.60. The summed E-state index contributed by atoms with van der Waals surface area (Å²) in [7, 11) is 1.94. The number of amides is 1. The van der Waals surface area contributed by atoms with Gasteiger partial charge >= 0.3 is 0 Å². The SMILES string of the molecule is CN1C(=O)CNC2CCCCC21. The molecule has 0 aromatic heterocycles. The third-order valence-corrected chi connectivity index (χ3v) is 3.14. The molecule has 1 saturated heterocycles. The third-order valence-electron chi connectivity index (χ3n) is 3.14. The fourth-order valence-corrected chi connectivity index (χ4v) is 2.34. The minimum Gasteiger partial charge on any atom is -0.340 e. The largest absolute Gasteiger partial charge is 0.340 e. The van der Waals surface area contributed by atoms with Crippen molar-refractivity contribution in [2.24, 2.45) is 0 Å². The van der Waals surface area contributed by atoms with Crippen LogP contribution in [0.15, 0.2) is 0 Å².